The van der Waals surface area contributed by atoms with E-state index in [-0.39, 0.29) is 17.0 Å². The Morgan fingerprint density at radius 1 is 0.938 bits per heavy atom. The number of nitrogens with zero attached hydrogens (tertiary/aromatic N) is 3. The molecule has 32 heavy (non-hydrogen) atoms. The monoisotopic (exact) mass is 436 g/mol. The molecule has 1 aromatic heterocycles. The van der Waals surface area contributed by atoms with Crippen molar-refractivity contribution >= 4 is 23.1 Å². The van der Waals surface area contributed by atoms with E-state index in [1.54, 1.807) is 19.1 Å². The number of rotatable bonds is 3. The number of anilines is 1. The van der Waals surface area contributed by atoms with Crippen LogP contribution in [0.5, 0.6) is 0 Å². The largest absolute Gasteiger partial charge is 0.366 e. The Bertz CT molecular complexity index is 1150. The number of H-pyrrole nitrogens is 1. The number of amides is 2. The van der Waals surface area contributed by atoms with Crippen molar-refractivity contribution in [3.8, 4) is 0 Å². The molecule has 2 aliphatic heterocycles. The van der Waals surface area contributed by atoms with E-state index in [9.17, 15) is 14.4 Å². The molecule has 1 saturated heterocycles. The summed E-state index contributed by atoms with van der Waals surface area (Å²) in [6.07, 6.45) is 1.89. The van der Waals surface area contributed by atoms with Gasteiger partial charge in [-0.25, -0.2) is 9.58 Å². The highest BCUT2D eigenvalue weighted by Gasteiger charge is 2.45. The molecular formula is C25H32N4O3. The van der Waals surface area contributed by atoms with Crippen molar-refractivity contribution in [2.75, 3.05) is 18.0 Å². The van der Waals surface area contributed by atoms with Crippen molar-refractivity contribution in [3.05, 3.63) is 57.1 Å². The number of benzene rings is 1. The van der Waals surface area contributed by atoms with Gasteiger partial charge in [-0.15, -0.1) is 0 Å². The van der Waals surface area contributed by atoms with E-state index in [2.05, 4.69) is 12.0 Å². The minimum Gasteiger partial charge on any atom is -0.366 e. The highest BCUT2D eigenvalue weighted by molar-refractivity contribution is 6.45. The first-order valence-corrected chi connectivity index (χ1v) is 11.3. The molecule has 4 rings (SSSR count). The van der Waals surface area contributed by atoms with Crippen LogP contribution in [0.2, 0.25) is 0 Å². The molecule has 7 nitrogen and oxygen atoms in total. The number of aromatic nitrogens is 2. The fraction of sp³-hybridized carbons (Fsp3) is 0.480. The Morgan fingerprint density at radius 2 is 1.53 bits per heavy atom. The zero-order chi connectivity index (χ0) is 23.4. The number of aryl methyl sites for hydroxylation is 2. The van der Waals surface area contributed by atoms with E-state index >= 15 is 0 Å². The van der Waals surface area contributed by atoms with Crippen molar-refractivity contribution in [1.29, 1.82) is 0 Å². The van der Waals surface area contributed by atoms with Crippen LogP contribution in [0, 0.1) is 19.8 Å². The molecule has 0 unspecified atom stereocenters. The summed E-state index contributed by atoms with van der Waals surface area (Å²) in [4.78, 5) is 44.1. The number of carbonyl (C=O) groups excluding carboxylic acids is 2. The van der Waals surface area contributed by atoms with Gasteiger partial charge >= 0.3 is 0 Å². The molecule has 1 aromatic carbocycles. The molecule has 2 aliphatic rings. The van der Waals surface area contributed by atoms with Gasteiger partial charge in [0.25, 0.3) is 17.4 Å². The van der Waals surface area contributed by atoms with Gasteiger partial charge in [-0.3, -0.25) is 19.5 Å². The van der Waals surface area contributed by atoms with E-state index in [0.717, 1.165) is 18.4 Å². The zero-order valence-electron chi connectivity index (χ0n) is 19.8. The quantitative estimate of drug-likeness (QED) is 0.746. The number of aromatic amines is 1. The van der Waals surface area contributed by atoms with Crippen LogP contribution in [-0.2, 0) is 15.1 Å². The van der Waals surface area contributed by atoms with Crippen LogP contribution in [0.4, 0.5) is 5.69 Å². The summed E-state index contributed by atoms with van der Waals surface area (Å²) in [6, 6.07) is 7.32. The van der Waals surface area contributed by atoms with Crippen LogP contribution in [-0.4, -0.2) is 39.6 Å². The number of likely N-dealkylation sites (tertiary alicyclic amines) is 1. The summed E-state index contributed by atoms with van der Waals surface area (Å²) in [5.41, 5.74) is 2.25. The summed E-state index contributed by atoms with van der Waals surface area (Å²) in [5.74, 6) is -0.221. The molecule has 1 fully saturated rings. The molecule has 0 saturated carbocycles. The summed E-state index contributed by atoms with van der Waals surface area (Å²) in [6.45, 7) is 13.1. The standard InChI is InChI=1S/C25H32N4O3/c1-15-7-9-18(10-8-15)28-22(30)20(19-17(3)26-29(23(19)31)25(4,5)6)21(24(28)32)27-13-11-16(2)12-14-27/h7-10,16,26H,11-14H2,1-6H3. The molecule has 170 valence electrons. The van der Waals surface area contributed by atoms with Crippen molar-refractivity contribution in [2.45, 2.75) is 59.9 Å². The van der Waals surface area contributed by atoms with E-state index in [1.807, 2.05) is 44.7 Å². The fourth-order valence-electron chi connectivity index (χ4n) is 4.51. The maximum atomic E-state index is 13.7. The van der Waals surface area contributed by atoms with Gasteiger partial charge in [-0.2, -0.15) is 0 Å². The van der Waals surface area contributed by atoms with Gasteiger partial charge in [-0.1, -0.05) is 24.6 Å². The second kappa shape index (κ2) is 7.80. The normalized spacial score (nSPS) is 18.3. The average molecular weight is 437 g/mol. The third-order valence-electron chi connectivity index (χ3n) is 6.44. The van der Waals surface area contributed by atoms with Crippen molar-refractivity contribution in [3.63, 3.8) is 0 Å². The predicted molar refractivity (Wildman–Crippen MR) is 125 cm³/mol. The number of piperidine rings is 1. The first-order valence-electron chi connectivity index (χ1n) is 11.3. The summed E-state index contributed by atoms with van der Waals surface area (Å²) < 4.78 is 1.53. The lowest BCUT2D eigenvalue weighted by Gasteiger charge is -2.32. The minimum atomic E-state index is -0.482. The van der Waals surface area contributed by atoms with Gasteiger partial charge in [0.05, 0.1) is 22.4 Å². The van der Waals surface area contributed by atoms with Crippen LogP contribution in [0.15, 0.2) is 34.8 Å². The second-order valence-electron chi connectivity index (χ2n) is 10.1. The fourth-order valence-corrected chi connectivity index (χ4v) is 4.51. The number of hydrogen-bond donors (Lipinski definition) is 1. The Kier molecular flexibility index (Phi) is 5.39. The zero-order valence-corrected chi connectivity index (χ0v) is 19.8. The lowest BCUT2D eigenvalue weighted by atomic mass is 9.97. The van der Waals surface area contributed by atoms with Gasteiger partial charge in [0.1, 0.15) is 5.70 Å². The highest BCUT2D eigenvalue weighted by atomic mass is 16.2. The van der Waals surface area contributed by atoms with E-state index in [1.165, 1.54) is 9.58 Å². The maximum Gasteiger partial charge on any atom is 0.282 e. The van der Waals surface area contributed by atoms with Crippen LogP contribution in [0.25, 0.3) is 5.57 Å². The minimum absolute atomic E-state index is 0.215. The molecule has 2 aromatic rings. The number of hydrogen-bond acceptors (Lipinski definition) is 4. The lowest BCUT2D eigenvalue weighted by molar-refractivity contribution is -0.120. The summed E-state index contributed by atoms with van der Waals surface area (Å²) in [5, 5.41) is 3.13. The van der Waals surface area contributed by atoms with E-state index < -0.39 is 11.4 Å². The Hall–Kier alpha value is -3.09. The lowest BCUT2D eigenvalue weighted by Crippen LogP contribution is -2.38. The second-order valence-corrected chi connectivity index (χ2v) is 10.1. The molecule has 0 radical (unpaired) electrons. The smallest absolute Gasteiger partial charge is 0.282 e. The van der Waals surface area contributed by atoms with Crippen molar-refractivity contribution in [2.24, 2.45) is 5.92 Å². The number of carbonyl (C=O) groups is 2. The van der Waals surface area contributed by atoms with Crippen LogP contribution in [0.3, 0.4) is 0 Å². The first kappa shape index (κ1) is 22.1. The van der Waals surface area contributed by atoms with Crippen molar-refractivity contribution in [1.82, 2.24) is 14.7 Å². The van der Waals surface area contributed by atoms with Gasteiger partial charge in [-0.05, 0) is 65.5 Å². The molecule has 0 spiro atoms. The van der Waals surface area contributed by atoms with E-state index in [0.29, 0.717) is 41.6 Å². The first-order chi connectivity index (χ1) is 15.0. The molecule has 0 atom stereocenters. The SMILES string of the molecule is Cc1ccc(N2C(=O)C(c3c(C)[nH]n(C(C)(C)C)c3=O)=C(N3CCC(C)CC3)C2=O)cc1. The van der Waals surface area contributed by atoms with Crippen LogP contribution < -0.4 is 10.5 Å². The maximum absolute atomic E-state index is 13.7. The van der Waals surface area contributed by atoms with Gasteiger partial charge < -0.3 is 4.90 Å². The average Bonchev–Trinajstić information content (AvgIpc) is 3.15. The third kappa shape index (κ3) is 3.59. The molecular weight excluding hydrogens is 404 g/mol. The molecule has 1 N–H and O–H groups in total. The third-order valence-corrected chi connectivity index (χ3v) is 6.44. The van der Waals surface area contributed by atoms with Gasteiger partial charge in [0.15, 0.2) is 0 Å². The summed E-state index contributed by atoms with van der Waals surface area (Å²) in [7, 11) is 0. The molecule has 3 heterocycles. The highest BCUT2D eigenvalue weighted by Crippen LogP contribution is 2.36. The Balaban J connectivity index is 1.90. The molecule has 7 heteroatoms. The predicted octanol–water partition coefficient (Wildman–Crippen LogP) is 3.56. The van der Waals surface area contributed by atoms with Gasteiger partial charge in [0.2, 0.25) is 0 Å². The van der Waals surface area contributed by atoms with Crippen molar-refractivity contribution < 1.29 is 9.59 Å². The Morgan fingerprint density at radius 3 is 2.06 bits per heavy atom. The number of nitrogens with one attached hydrogen (secondary N) is 1. The van der Waals surface area contributed by atoms with Crippen LogP contribution in [0.1, 0.15) is 57.4 Å². The van der Waals surface area contributed by atoms with E-state index in [4.69, 9.17) is 0 Å². The van der Waals surface area contributed by atoms with Crippen LogP contribution >= 0.6 is 0 Å². The summed E-state index contributed by atoms with van der Waals surface area (Å²) >= 11 is 0. The topological polar surface area (TPSA) is 78.4 Å². The molecule has 0 bridgehead atoms. The van der Waals surface area contributed by atoms with Gasteiger partial charge in [0, 0.05) is 18.8 Å². The molecule has 0 aliphatic carbocycles. The molecule has 2 amide bonds. The number of imide groups is 1. The Labute approximate surface area is 188 Å².